The van der Waals surface area contributed by atoms with Gasteiger partial charge in [0, 0.05) is 38.8 Å². The van der Waals surface area contributed by atoms with Gasteiger partial charge in [-0.1, -0.05) is 25.2 Å². The highest BCUT2D eigenvalue weighted by Gasteiger charge is 2.25. The van der Waals surface area contributed by atoms with Crippen LogP contribution in [0.2, 0.25) is 4.47 Å². The van der Waals surface area contributed by atoms with E-state index in [0.717, 1.165) is 37.5 Å². The summed E-state index contributed by atoms with van der Waals surface area (Å²) in [7, 11) is 2.14. The van der Waals surface area contributed by atoms with E-state index in [1.165, 1.54) is 0 Å². The largest absolute Gasteiger partial charge is 0.348 e. The Morgan fingerprint density at radius 2 is 2.00 bits per heavy atom. The minimum Gasteiger partial charge on any atom is -0.348 e. The van der Waals surface area contributed by atoms with Crippen LogP contribution in [0.4, 0.5) is 0 Å². The molecule has 0 aliphatic carbocycles. The molecule has 1 aromatic heterocycles. The van der Waals surface area contributed by atoms with E-state index < -0.39 is 0 Å². The molecule has 0 aromatic carbocycles. The number of aromatic nitrogens is 2. The van der Waals surface area contributed by atoms with Crippen molar-refractivity contribution in [2.75, 3.05) is 39.8 Å². The molecule has 0 bridgehead atoms. The average Bonchev–Trinajstić information content (AvgIpc) is 2.87. The van der Waals surface area contributed by atoms with Crippen molar-refractivity contribution in [1.29, 1.82) is 0 Å². The molecule has 118 valence electrons. The van der Waals surface area contributed by atoms with Gasteiger partial charge < -0.3 is 10.2 Å². The molecule has 21 heavy (non-hydrogen) atoms. The van der Waals surface area contributed by atoms with Crippen molar-refractivity contribution >= 4 is 28.8 Å². The first-order valence-corrected chi connectivity index (χ1v) is 8.36. The second-order valence-corrected chi connectivity index (χ2v) is 7.28. The first kappa shape index (κ1) is 16.6. The predicted octanol–water partition coefficient (Wildman–Crippen LogP) is 1.19. The number of rotatable bonds is 5. The third kappa shape index (κ3) is 4.60. The number of halogens is 1. The lowest BCUT2D eigenvalue weighted by atomic mass is 10.0. The fourth-order valence-electron chi connectivity index (χ4n) is 2.51. The van der Waals surface area contributed by atoms with Crippen molar-refractivity contribution in [2.45, 2.75) is 19.9 Å². The van der Waals surface area contributed by atoms with E-state index in [0.29, 0.717) is 28.0 Å². The summed E-state index contributed by atoms with van der Waals surface area (Å²) in [6.45, 7) is 9.23. The van der Waals surface area contributed by atoms with Crippen molar-refractivity contribution in [3.63, 3.8) is 0 Å². The number of piperazine rings is 1. The van der Waals surface area contributed by atoms with Crippen LogP contribution in [0.5, 0.6) is 0 Å². The molecule has 0 radical (unpaired) electrons. The molecule has 1 aromatic rings. The van der Waals surface area contributed by atoms with Gasteiger partial charge in [-0.25, -0.2) is 0 Å². The number of amides is 1. The van der Waals surface area contributed by atoms with E-state index in [4.69, 9.17) is 11.6 Å². The van der Waals surface area contributed by atoms with Crippen LogP contribution >= 0.6 is 22.9 Å². The third-order valence-corrected chi connectivity index (χ3v) is 4.86. The highest BCUT2D eigenvalue weighted by atomic mass is 35.5. The second-order valence-electron chi connectivity index (χ2n) is 5.72. The first-order chi connectivity index (χ1) is 9.97. The van der Waals surface area contributed by atoms with Gasteiger partial charge in [-0.2, -0.15) is 0 Å². The van der Waals surface area contributed by atoms with Gasteiger partial charge in [0.25, 0.3) is 5.91 Å². The van der Waals surface area contributed by atoms with Gasteiger partial charge >= 0.3 is 0 Å². The molecule has 1 N–H and O–H groups in total. The van der Waals surface area contributed by atoms with E-state index in [1.54, 1.807) is 0 Å². The maximum Gasteiger partial charge on any atom is 0.282 e. The summed E-state index contributed by atoms with van der Waals surface area (Å²) in [5, 5.41) is 10.7. The Bertz CT molecular complexity index is 473. The fraction of sp³-hybridized carbons (Fsp3) is 0.769. The lowest BCUT2D eigenvalue weighted by Crippen LogP contribution is -2.54. The summed E-state index contributed by atoms with van der Waals surface area (Å²) in [6, 6.07) is 0.339. The Kier molecular flexibility index (Phi) is 5.92. The van der Waals surface area contributed by atoms with Crippen LogP contribution in [-0.2, 0) is 0 Å². The molecule has 1 saturated heterocycles. The van der Waals surface area contributed by atoms with Crippen molar-refractivity contribution in [1.82, 2.24) is 25.3 Å². The van der Waals surface area contributed by atoms with E-state index in [1.807, 2.05) is 0 Å². The summed E-state index contributed by atoms with van der Waals surface area (Å²) in [6.07, 6.45) is 0. The predicted molar refractivity (Wildman–Crippen MR) is 84.9 cm³/mol. The molecule has 1 atom stereocenters. The molecule has 0 spiro atoms. The Morgan fingerprint density at radius 1 is 1.33 bits per heavy atom. The van der Waals surface area contributed by atoms with Gasteiger partial charge in [-0.05, 0) is 24.6 Å². The molecule has 2 rings (SSSR count). The third-order valence-electron chi connectivity index (χ3n) is 3.84. The highest BCUT2D eigenvalue weighted by Crippen LogP contribution is 2.16. The minimum absolute atomic E-state index is 0.195. The summed E-state index contributed by atoms with van der Waals surface area (Å²) in [5.74, 6) is 0.283. The van der Waals surface area contributed by atoms with Crippen molar-refractivity contribution in [3.05, 3.63) is 9.47 Å². The van der Waals surface area contributed by atoms with Crippen molar-refractivity contribution < 1.29 is 4.79 Å². The first-order valence-electron chi connectivity index (χ1n) is 7.17. The van der Waals surface area contributed by atoms with Crippen molar-refractivity contribution in [2.24, 2.45) is 5.92 Å². The van der Waals surface area contributed by atoms with Crippen LogP contribution in [0.3, 0.4) is 0 Å². The topological polar surface area (TPSA) is 61.4 Å². The van der Waals surface area contributed by atoms with Crippen LogP contribution < -0.4 is 5.32 Å². The Hall–Kier alpha value is -0.760. The number of likely N-dealkylation sites (N-methyl/N-ethyl adjacent to an activating group) is 1. The zero-order valence-electron chi connectivity index (χ0n) is 12.7. The number of carbonyl (C=O) groups is 1. The van der Waals surface area contributed by atoms with Gasteiger partial charge in [0.05, 0.1) is 0 Å². The van der Waals surface area contributed by atoms with Crippen LogP contribution in [0.15, 0.2) is 0 Å². The van der Waals surface area contributed by atoms with Crippen LogP contribution in [0.1, 0.15) is 23.6 Å². The maximum absolute atomic E-state index is 12.0. The van der Waals surface area contributed by atoms with Crippen molar-refractivity contribution in [3.8, 4) is 0 Å². The van der Waals surface area contributed by atoms with Gasteiger partial charge in [-0.3, -0.25) is 9.69 Å². The van der Waals surface area contributed by atoms with E-state index >= 15 is 0 Å². The molecule has 6 nitrogen and oxygen atoms in total. The molecule has 1 unspecified atom stereocenters. The molecule has 1 amide bonds. The quantitative estimate of drug-likeness (QED) is 0.878. The SMILES string of the molecule is CC(C)C(CNC(=O)c1nnc(Cl)s1)N1CCN(C)CC1. The van der Waals surface area contributed by atoms with Crippen LogP contribution in [0.25, 0.3) is 0 Å². The van der Waals surface area contributed by atoms with Gasteiger partial charge in [0.15, 0.2) is 0 Å². The monoisotopic (exact) mass is 331 g/mol. The molecule has 1 aliphatic rings. The van der Waals surface area contributed by atoms with Crippen LogP contribution in [-0.4, -0.2) is 71.7 Å². The highest BCUT2D eigenvalue weighted by molar-refractivity contribution is 7.17. The van der Waals surface area contributed by atoms with E-state index in [9.17, 15) is 4.79 Å². The molecular formula is C13H22ClN5OS. The standard InChI is InChI=1S/C13H22ClN5OS/c1-9(2)10(19-6-4-18(3)5-7-19)8-15-11(20)12-16-17-13(14)21-12/h9-10H,4-8H2,1-3H3,(H,15,20). The summed E-state index contributed by atoms with van der Waals surface area (Å²) < 4.78 is 0.291. The van der Waals surface area contributed by atoms with Gasteiger partial charge in [0.1, 0.15) is 0 Å². The zero-order chi connectivity index (χ0) is 15.4. The van der Waals surface area contributed by atoms with Gasteiger partial charge in [-0.15, -0.1) is 10.2 Å². The number of hydrogen-bond acceptors (Lipinski definition) is 6. The lowest BCUT2D eigenvalue weighted by Gasteiger charge is -2.39. The lowest BCUT2D eigenvalue weighted by molar-refractivity contribution is 0.0790. The van der Waals surface area contributed by atoms with E-state index in [-0.39, 0.29) is 5.91 Å². The Morgan fingerprint density at radius 3 is 2.52 bits per heavy atom. The number of nitrogens with zero attached hydrogens (tertiary/aromatic N) is 4. The molecule has 1 fully saturated rings. The summed E-state index contributed by atoms with van der Waals surface area (Å²) in [5.41, 5.74) is 0. The van der Waals surface area contributed by atoms with Crippen LogP contribution in [0, 0.1) is 5.92 Å². The Balaban J connectivity index is 1.89. The second kappa shape index (κ2) is 7.49. The molecule has 0 saturated carbocycles. The fourth-order valence-corrected chi connectivity index (χ4v) is 3.25. The van der Waals surface area contributed by atoms with Gasteiger partial charge in [0.2, 0.25) is 9.47 Å². The maximum atomic E-state index is 12.0. The number of carbonyl (C=O) groups excluding carboxylic acids is 1. The number of hydrogen-bond donors (Lipinski definition) is 1. The zero-order valence-corrected chi connectivity index (χ0v) is 14.2. The minimum atomic E-state index is -0.195. The Labute approximate surface area is 134 Å². The summed E-state index contributed by atoms with van der Waals surface area (Å²) >= 11 is 6.81. The smallest absolute Gasteiger partial charge is 0.282 e. The molecular weight excluding hydrogens is 310 g/mol. The average molecular weight is 332 g/mol. The summed E-state index contributed by atoms with van der Waals surface area (Å²) in [4.78, 5) is 16.8. The van der Waals surface area contributed by atoms with E-state index in [2.05, 4.69) is 46.2 Å². The normalized spacial score (nSPS) is 18.9. The molecule has 8 heteroatoms. The molecule has 1 aliphatic heterocycles. The molecule has 2 heterocycles. The number of nitrogens with one attached hydrogen (secondary N) is 1.